The van der Waals surface area contributed by atoms with Gasteiger partial charge in [-0.05, 0) is 35.4 Å². The predicted octanol–water partition coefficient (Wildman–Crippen LogP) is 4.41. The third-order valence-corrected chi connectivity index (χ3v) is 10.5. The summed E-state index contributed by atoms with van der Waals surface area (Å²) in [5.41, 5.74) is -3.21. The number of phenolic OH excluding ortho intramolecular Hbond substituents is 1. The number of nitrogens with zero attached hydrogens (tertiary/aromatic N) is 4. The van der Waals surface area contributed by atoms with Gasteiger partial charge in [0.1, 0.15) is 5.69 Å². The molecule has 1 saturated carbocycles. The molecule has 1 aliphatic carbocycles. The van der Waals surface area contributed by atoms with Gasteiger partial charge in [-0.25, -0.2) is 50.4 Å². The van der Waals surface area contributed by atoms with Crippen LogP contribution >= 0.6 is 23.2 Å². The zero-order chi connectivity index (χ0) is 34.6. The van der Waals surface area contributed by atoms with Crippen LogP contribution in [-0.2, 0) is 16.1 Å². The predicted molar refractivity (Wildman–Crippen MR) is 159 cm³/mol. The minimum Gasteiger partial charge on any atom is -0.504 e. The maximum atomic E-state index is 15.1. The Kier molecular flexibility index (Phi) is 6.97. The number of carbonyl (C=O) groups excluding carboxylic acids is 2. The van der Waals surface area contributed by atoms with Crippen LogP contribution in [0.3, 0.4) is 0 Å². The van der Waals surface area contributed by atoms with Gasteiger partial charge in [0.05, 0.1) is 25.4 Å². The van der Waals surface area contributed by atoms with Crippen molar-refractivity contribution in [2.45, 2.75) is 34.7 Å². The first-order valence-corrected chi connectivity index (χ1v) is 14.8. The molecule has 1 saturated heterocycles. The quantitative estimate of drug-likeness (QED) is 0.0839. The molecule has 4 aromatic rings. The molecule has 3 aliphatic rings. The third-order valence-electron chi connectivity index (χ3n) is 9.04. The van der Waals surface area contributed by atoms with Gasteiger partial charge in [0.25, 0.3) is 11.8 Å². The lowest BCUT2D eigenvalue weighted by Crippen LogP contribution is -2.59. The maximum absolute atomic E-state index is 15.1. The molecule has 1 aromatic heterocycles. The second kappa shape index (κ2) is 10.6. The first kappa shape index (κ1) is 31.7. The summed E-state index contributed by atoms with van der Waals surface area (Å²) in [7, 11) is 1.26. The Labute approximate surface area is 275 Å². The molecule has 1 N–H and O–H groups in total. The number of halogens is 7. The molecule has 3 heterocycles. The number of phenols is 1. The van der Waals surface area contributed by atoms with Gasteiger partial charge in [-0.3, -0.25) is 9.59 Å². The summed E-state index contributed by atoms with van der Waals surface area (Å²) in [4.78, 5) is 50.1. The van der Waals surface area contributed by atoms with Crippen LogP contribution in [0.5, 0.6) is 11.5 Å². The van der Waals surface area contributed by atoms with E-state index in [1.165, 1.54) is 37.5 Å². The summed E-state index contributed by atoms with van der Waals surface area (Å²) >= 11 is 14.1. The average Bonchev–Trinajstić information content (AvgIpc) is 3.41. The highest BCUT2D eigenvalue weighted by molar-refractivity contribution is 6.58. The van der Waals surface area contributed by atoms with Crippen molar-refractivity contribution >= 4 is 40.7 Å². The van der Waals surface area contributed by atoms with Crippen LogP contribution in [0, 0.1) is 29.1 Å². The fraction of sp³-hybridized carbons (Fsp3) is 0.226. The van der Waals surface area contributed by atoms with Crippen molar-refractivity contribution in [3.8, 4) is 17.2 Å². The van der Waals surface area contributed by atoms with E-state index in [-0.39, 0.29) is 34.0 Å². The molecule has 17 heteroatoms. The summed E-state index contributed by atoms with van der Waals surface area (Å²) in [5.74, 6) is -17.7. The number of rotatable bonds is 4. The van der Waals surface area contributed by atoms with Gasteiger partial charge in [-0.1, -0.05) is 30.3 Å². The van der Waals surface area contributed by atoms with E-state index in [4.69, 9.17) is 27.9 Å². The summed E-state index contributed by atoms with van der Waals surface area (Å²) in [6.07, 6.45) is 0.698. The number of benzene rings is 3. The highest BCUT2D eigenvalue weighted by Crippen LogP contribution is 2.64. The number of ether oxygens (including phenoxy) is 1. The minimum absolute atomic E-state index is 0.00368. The number of carbonyl (C=O) groups is 2. The number of allylic oxidation sites excluding steroid dienone is 2. The standard InChI is InChI=1S/C31H19Cl2F5N4O6/c1-48-18-8-7-13(11-17(18)43)19-15-9-10-39-28(46)40(14-5-3-2-4-6-14)29(47)42(39)16(15)12-30(32)26(44)41(27(45)31(19,30)33)25-23(37)21(35)20(34)22(36)24(25)38/h2-9,11,16,19,43H,10,12H2,1H3. The highest BCUT2D eigenvalue weighted by atomic mass is 35.5. The molecule has 48 heavy (non-hydrogen) atoms. The molecular weight excluding hydrogens is 690 g/mol. The van der Waals surface area contributed by atoms with Crippen LogP contribution in [0.25, 0.3) is 5.69 Å². The van der Waals surface area contributed by atoms with Crippen molar-refractivity contribution in [2.24, 2.45) is 0 Å². The average molecular weight is 709 g/mol. The highest BCUT2D eigenvalue weighted by Gasteiger charge is 2.76. The SMILES string of the molecule is COc1ccc(C2C3=CCn4c(=O)n(-c5ccccc5)c(=O)n4C3CC3(Cl)C(=O)N(c4c(F)c(F)c(F)c(F)c4F)C(=O)C23Cl)cc1O. The number of aromatic nitrogens is 3. The lowest BCUT2D eigenvalue weighted by Gasteiger charge is -2.49. The van der Waals surface area contributed by atoms with Crippen molar-refractivity contribution in [1.82, 2.24) is 13.9 Å². The first-order chi connectivity index (χ1) is 22.7. The zero-order valence-corrected chi connectivity index (χ0v) is 25.7. The second-order valence-electron chi connectivity index (χ2n) is 11.3. The number of aromatic hydroxyl groups is 1. The van der Waals surface area contributed by atoms with E-state index >= 15 is 8.78 Å². The van der Waals surface area contributed by atoms with Gasteiger partial charge in [0.2, 0.25) is 5.82 Å². The van der Waals surface area contributed by atoms with E-state index in [9.17, 15) is 37.5 Å². The van der Waals surface area contributed by atoms with E-state index in [1.54, 1.807) is 18.2 Å². The molecule has 0 radical (unpaired) electrons. The van der Waals surface area contributed by atoms with Gasteiger partial charge in [0, 0.05) is 12.3 Å². The second-order valence-corrected chi connectivity index (χ2v) is 12.6. The lowest BCUT2D eigenvalue weighted by molar-refractivity contribution is -0.122. The van der Waals surface area contributed by atoms with Crippen molar-refractivity contribution in [2.75, 3.05) is 12.0 Å². The molecule has 0 bridgehead atoms. The number of amides is 2. The number of para-hydroxylation sites is 1. The molecule has 2 fully saturated rings. The molecule has 4 unspecified atom stereocenters. The lowest BCUT2D eigenvalue weighted by atomic mass is 9.64. The van der Waals surface area contributed by atoms with Crippen LogP contribution in [0.2, 0.25) is 0 Å². The van der Waals surface area contributed by atoms with E-state index in [2.05, 4.69) is 0 Å². The number of alkyl halides is 2. The van der Waals surface area contributed by atoms with Crippen LogP contribution in [-0.4, -0.2) is 47.7 Å². The van der Waals surface area contributed by atoms with Gasteiger partial charge in [0.15, 0.2) is 44.5 Å². The zero-order valence-electron chi connectivity index (χ0n) is 24.2. The van der Waals surface area contributed by atoms with E-state index < -0.39 is 91.8 Å². The molecule has 3 aromatic carbocycles. The minimum atomic E-state index is -2.75. The first-order valence-electron chi connectivity index (χ1n) is 14.1. The summed E-state index contributed by atoms with van der Waals surface area (Å²) in [6.45, 7) is -0.260. The fourth-order valence-corrected chi connectivity index (χ4v) is 7.80. The number of anilines is 1. The number of fused-ring (bicyclic) bond motifs is 4. The van der Waals surface area contributed by atoms with Crippen molar-refractivity contribution in [1.29, 1.82) is 0 Å². The van der Waals surface area contributed by atoms with E-state index in [0.29, 0.717) is 0 Å². The Bertz CT molecular complexity index is 2230. The number of hydrogen-bond donors (Lipinski definition) is 1. The summed E-state index contributed by atoms with van der Waals surface area (Å²) in [6, 6.07) is 10.3. The monoisotopic (exact) mass is 708 g/mol. The number of methoxy groups -OCH3 is 1. The fourth-order valence-electron chi connectivity index (χ4n) is 6.89. The Morgan fingerprint density at radius 3 is 2.08 bits per heavy atom. The molecule has 7 rings (SSSR count). The molecule has 4 atom stereocenters. The molecule has 0 spiro atoms. The van der Waals surface area contributed by atoms with Crippen LogP contribution in [0.15, 0.2) is 69.8 Å². The van der Waals surface area contributed by atoms with E-state index in [1.807, 2.05) is 0 Å². The van der Waals surface area contributed by atoms with Crippen LogP contribution in [0.1, 0.15) is 23.9 Å². The van der Waals surface area contributed by atoms with Gasteiger partial charge < -0.3 is 9.84 Å². The Morgan fingerprint density at radius 1 is 0.854 bits per heavy atom. The normalized spacial score (nSPS) is 24.7. The molecule has 2 amide bonds. The van der Waals surface area contributed by atoms with Crippen molar-refractivity contribution in [3.05, 3.63) is 116 Å². The molecule has 10 nitrogen and oxygen atoms in total. The Morgan fingerprint density at radius 2 is 1.48 bits per heavy atom. The summed E-state index contributed by atoms with van der Waals surface area (Å²) in [5, 5.41) is 10.7. The van der Waals surface area contributed by atoms with E-state index in [0.717, 1.165) is 20.0 Å². The molecule has 248 valence electrons. The Hall–Kier alpha value is -4.89. The Balaban J connectivity index is 1.50. The number of hydrogen-bond acceptors (Lipinski definition) is 6. The molecular formula is C31H19Cl2F5N4O6. The largest absolute Gasteiger partial charge is 0.504 e. The molecule has 2 aliphatic heterocycles. The van der Waals surface area contributed by atoms with Crippen molar-refractivity contribution < 1.29 is 41.4 Å². The van der Waals surface area contributed by atoms with Gasteiger partial charge in [-0.2, -0.15) is 0 Å². The number of imide groups is 1. The van der Waals surface area contributed by atoms with Crippen LogP contribution < -0.4 is 21.0 Å². The topological polar surface area (TPSA) is 116 Å². The third kappa shape index (κ3) is 3.85. The van der Waals surface area contributed by atoms with Gasteiger partial charge in [-0.15, -0.1) is 23.2 Å². The summed E-state index contributed by atoms with van der Waals surface area (Å²) < 4.78 is 81.0. The van der Waals surface area contributed by atoms with Gasteiger partial charge >= 0.3 is 11.4 Å². The van der Waals surface area contributed by atoms with Crippen LogP contribution in [0.4, 0.5) is 27.6 Å². The maximum Gasteiger partial charge on any atom is 0.352 e. The van der Waals surface area contributed by atoms with Crippen molar-refractivity contribution in [3.63, 3.8) is 0 Å². The smallest absolute Gasteiger partial charge is 0.352 e.